The zero-order valence-electron chi connectivity index (χ0n) is 17.8. The summed E-state index contributed by atoms with van der Waals surface area (Å²) < 4.78 is 23.4. The highest BCUT2D eigenvalue weighted by Gasteiger charge is 2.58. The monoisotopic (exact) mass is 407 g/mol. The van der Waals surface area contributed by atoms with Crippen molar-refractivity contribution in [3.63, 3.8) is 0 Å². The van der Waals surface area contributed by atoms with Gasteiger partial charge in [-0.15, -0.1) is 0 Å². The molecule has 1 aromatic heterocycles. The molecule has 0 radical (unpaired) electrons. The van der Waals surface area contributed by atoms with Crippen molar-refractivity contribution in [1.29, 1.82) is 0 Å². The quantitative estimate of drug-likeness (QED) is 0.705. The van der Waals surface area contributed by atoms with Crippen LogP contribution >= 0.6 is 0 Å². The first kappa shape index (κ1) is 20.9. The van der Waals surface area contributed by atoms with Gasteiger partial charge < -0.3 is 0 Å². The number of carbonyl (C=O) groups excluding carboxylic acids is 1. The van der Waals surface area contributed by atoms with Gasteiger partial charge in [0.2, 0.25) is 0 Å². The molecule has 4 aliphatic rings. The van der Waals surface area contributed by atoms with Crippen LogP contribution in [0, 0.1) is 40.9 Å². The summed E-state index contributed by atoms with van der Waals surface area (Å²) in [7, 11) is 0.500. The smallest absolute Gasteiger partial charge is 0.159 e. The number of aromatic nitrogens is 3. The highest BCUT2D eigenvalue weighted by atomic mass is 19.1. The molecule has 7 unspecified atom stereocenters. The molecule has 0 bridgehead atoms. The Morgan fingerprint density at radius 2 is 1.72 bits per heavy atom. The predicted molar refractivity (Wildman–Crippen MR) is 108 cm³/mol. The molecule has 29 heavy (non-hydrogen) atoms. The fourth-order valence-electron chi connectivity index (χ4n) is 7.90. The van der Waals surface area contributed by atoms with Crippen molar-refractivity contribution in [3.05, 3.63) is 12.4 Å². The highest BCUT2D eigenvalue weighted by Crippen LogP contribution is 2.64. The van der Waals surface area contributed by atoms with E-state index in [2.05, 4.69) is 17.1 Å². The summed E-state index contributed by atoms with van der Waals surface area (Å²) in [5, 5.41) is 8.25. The van der Waals surface area contributed by atoms with Crippen LogP contribution < -0.4 is 0 Å². The standard InChI is InChI=1S/C22H32FN3O.CH3F/c1-22-9-8-17-16-5-3-15(23)12-14(16)2-4-18(17)19(22)6-7-20(22)21(27)13-26-24-10-11-25-26;1-2/h10-11,14-20H,2-9,12-13H2,1H3;1H3/t14?,15-,16?,17?,18?,19?,20?,22?;/m0./s1. The largest absolute Gasteiger partial charge is 0.297 e. The lowest BCUT2D eigenvalue weighted by atomic mass is 9.49. The average molecular weight is 408 g/mol. The van der Waals surface area contributed by atoms with Crippen LogP contribution in [0.5, 0.6) is 0 Å². The predicted octanol–water partition coefficient (Wildman–Crippen LogP) is 5.04. The molecule has 4 aliphatic carbocycles. The molecule has 0 spiro atoms. The number of hydrogen-bond acceptors (Lipinski definition) is 3. The third-order valence-corrected chi connectivity index (χ3v) is 9.04. The Kier molecular flexibility index (Phi) is 6.08. The molecule has 5 rings (SSSR count). The van der Waals surface area contributed by atoms with Crippen LogP contribution in [0.15, 0.2) is 12.4 Å². The number of ketones is 1. The molecule has 1 aromatic rings. The van der Waals surface area contributed by atoms with E-state index in [1.807, 2.05) is 0 Å². The minimum atomic E-state index is -0.555. The second-order valence-electron chi connectivity index (χ2n) is 10.0. The summed E-state index contributed by atoms with van der Waals surface area (Å²) in [6.45, 7) is 2.71. The van der Waals surface area contributed by atoms with Gasteiger partial charge in [0.05, 0.1) is 19.6 Å². The number of alkyl halides is 2. The average Bonchev–Trinajstić information content (AvgIpc) is 3.36. The lowest BCUT2D eigenvalue weighted by Gasteiger charge is -2.55. The summed E-state index contributed by atoms with van der Waals surface area (Å²) in [6.07, 6.45) is 12.6. The van der Waals surface area contributed by atoms with Gasteiger partial charge in [0.1, 0.15) is 12.7 Å². The number of halogens is 2. The first-order valence-corrected chi connectivity index (χ1v) is 11.4. The van der Waals surface area contributed by atoms with Crippen molar-refractivity contribution in [2.75, 3.05) is 7.18 Å². The normalized spacial score (nSPS) is 43.4. The molecule has 162 valence electrons. The fourth-order valence-corrected chi connectivity index (χ4v) is 7.90. The van der Waals surface area contributed by atoms with E-state index in [0.717, 1.165) is 43.4 Å². The minimum Gasteiger partial charge on any atom is -0.297 e. The molecule has 4 nitrogen and oxygen atoms in total. The number of fused-ring (bicyclic) bond motifs is 5. The summed E-state index contributed by atoms with van der Waals surface area (Å²) in [4.78, 5) is 14.6. The van der Waals surface area contributed by atoms with Gasteiger partial charge in [-0.1, -0.05) is 6.92 Å². The van der Waals surface area contributed by atoms with Gasteiger partial charge in [0, 0.05) is 5.92 Å². The van der Waals surface area contributed by atoms with E-state index in [0.29, 0.717) is 31.3 Å². The molecule has 6 heteroatoms. The van der Waals surface area contributed by atoms with Gasteiger partial charge in [-0.05, 0) is 92.8 Å². The Labute approximate surface area is 172 Å². The maximum atomic E-state index is 13.9. The maximum absolute atomic E-state index is 13.9. The van der Waals surface area contributed by atoms with Crippen LogP contribution in [0.2, 0.25) is 0 Å². The zero-order valence-corrected chi connectivity index (χ0v) is 17.8. The molecule has 1 heterocycles. The third-order valence-electron chi connectivity index (χ3n) is 9.04. The van der Waals surface area contributed by atoms with E-state index < -0.39 is 6.17 Å². The van der Waals surface area contributed by atoms with Crippen LogP contribution in [-0.2, 0) is 11.3 Å². The van der Waals surface area contributed by atoms with E-state index in [-0.39, 0.29) is 11.3 Å². The first-order valence-electron chi connectivity index (χ1n) is 11.4. The molecule has 8 atom stereocenters. The molecule has 0 N–H and O–H groups in total. The van der Waals surface area contributed by atoms with Crippen molar-refractivity contribution in [2.45, 2.75) is 77.4 Å². The van der Waals surface area contributed by atoms with Crippen LogP contribution in [-0.4, -0.2) is 34.1 Å². The lowest BCUT2D eigenvalue weighted by molar-refractivity contribution is -0.131. The molecule has 0 saturated heterocycles. The Bertz CT molecular complexity index is 696. The summed E-state index contributed by atoms with van der Waals surface area (Å²) >= 11 is 0. The Morgan fingerprint density at radius 1 is 1.00 bits per heavy atom. The summed E-state index contributed by atoms with van der Waals surface area (Å²) in [5.41, 5.74) is 0.148. The lowest BCUT2D eigenvalue weighted by Crippen LogP contribution is -2.49. The number of rotatable bonds is 3. The first-order chi connectivity index (χ1) is 14.1. The topological polar surface area (TPSA) is 47.8 Å². The number of hydrogen-bond donors (Lipinski definition) is 0. The van der Waals surface area contributed by atoms with Gasteiger partial charge in [-0.25, -0.2) is 4.39 Å². The summed E-state index contributed by atoms with van der Waals surface area (Å²) in [6, 6.07) is 0. The van der Waals surface area contributed by atoms with E-state index in [4.69, 9.17) is 0 Å². The van der Waals surface area contributed by atoms with Gasteiger partial charge in [0.15, 0.2) is 5.78 Å². The molecule has 4 fully saturated rings. The fraction of sp³-hybridized carbons (Fsp3) is 0.870. The molecular formula is C23H35F2N3O. The SMILES string of the molecule is CC12CCC3C4CC[C@H](F)CC4CCC3C1CCC2C(=O)Cn1nccn1.CF. The second-order valence-corrected chi connectivity index (χ2v) is 10.0. The molecule has 4 saturated carbocycles. The van der Waals surface area contributed by atoms with Crippen LogP contribution in [0.3, 0.4) is 0 Å². The van der Waals surface area contributed by atoms with Crippen molar-refractivity contribution in [1.82, 2.24) is 15.0 Å². The van der Waals surface area contributed by atoms with E-state index in [9.17, 15) is 13.6 Å². The molecule has 0 amide bonds. The van der Waals surface area contributed by atoms with E-state index in [1.165, 1.54) is 36.9 Å². The minimum absolute atomic E-state index is 0.148. The van der Waals surface area contributed by atoms with Crippen molar-refractivity contribution >= 4 is 5.78 Å². The third kappa shape index (κ3) is 3.65. The number of carbonyl (C=O) groups is 1. The van der Waals surface area contributed by atoms with E-state index in [1.54, 1.807) is 12.4 Å². The van der Waals surface area contributed by atoms with E-state index >= 15 is 0 Å². The highest BCUT2D eigenvalue weighted by molar-refractivity contribution is 5.81. The Balaban J connectivity index is 0.000000994. The molecular weight excluding hydrogens is 372 g/mol. The zero-order chi connectivity index (χ0) is 20.6. The maximum Gasteiger partial charge on any atom is 0.159 e. The Hall–Kier alpha value is -1.33. The van der Waals surface area contributed by atoms with Gasteiger partial charge in [-0.2, -0.15) is 15.0 Å². The number of Topliss-reactive ketones (excluding diaryl/α,β-unsaturated/α-hetero) is 1. The van der Waals surface area contributed by atoms with Gasteiger partial charge >= 0.3 is 0 Å². The van der Waals surface area contributed by atoms with Crippen molar-refractivity contribution < 1.29 is 13.6 Å². The van der Waals surface area contributed by atoms with Crippen molar-refractivity contribution in [2.24, 2.45) is 40.9 Å². The summed E-state index contributed by atoms with van der Waals surface area (Å²) in [5.74, 6) is 4.10. The second kappa shape index (κ2) is 8.43. The van der Waals surface area contributed by atoms with Crippen molar-refractivity contribution in [3.8, 4) is 0 Å². The van der Waals surface area contributed by atoms with Gasteiger partial charge in [0.25, 0.3) is 0 Å². The van der Waals surface area contributed by atoms with Gasteiger partial charge in [-0.3, -0.25) is 9.18 Å². The van der Waals surface area contributed by atoms with Crippen LogP contribution in [0.4, 0.5) is 8.78 Å². The molecule has 0 aliphatic heterocycles. The van der Waals surface area contributed by atoms with Crippen LogP contribution in [0.25, 0.3) is 0 Å². The number of nitrogens with zero attached hydrogens (tertiary/aromatic N) is 3. The van der Waals surface area contributed by atoms with Crippen LogP contribution in [0.1, 0.15) is 64.7 Å². The molecule has 0 aromatic carbocycles. The Morgan fingerprint density at radius 3 is 2.48 bits per heavy atom.